The summed E-state index contributed by atoms with van der Waals surface area (Å²) in [5, 5.41) is 2.18. The molecule has 0 saturated heterocycles. The smallest absolute Gasteiger partial charge is 0.407 e. The van der Waals surface area contributed by atoms with Crippen LogP contribution in [0, 0.1) is 5.41 Å². The number of carbonyl (C=O) groups excluding carboxylic acids is 1. The summed E-state index contributed by atoms with van der Waals surface area (Å²) in [6.45, 7) is -0.586. The molecule has 0 unspecified atom stereocenters. The zero-order chi connectivity index (χ0) is 15.1. The molecule has 0 aliphatic heterocycles. The van der Waals surface area contributed by atoms with Gasteiger partial charge in [0.15, 0.2) is 0 Å². The van der Waals surface area contributed by atoms with Gasteiger partial charge in [0.1, 0.15) is 6.61 Å². The Morgan fingerprint density at radius 1 is 1.29 bits per heavy atom. The summed E-state index contributed by atoms with van der Waals surface area (Å²) < 4.78 is 33.0. The van der Waals surface area contributed by atoms with Gasteiger partial charge in [-0.3, -0.25) is 0 Å². The van der Waals surface area contributed by atoms with Crippen molar-refractivity contribution in [3.63, 3.8) is 0 Å². The highest BCUT2D eigenvalue weighted by molar-refractivity contribution is 9.10. The van der Waals surface area contributed by atoms with E-state index in [9.17, 15) is 13.6 Å². The molecule has 1 N–H and O–H groups in total. The fourth-order valence-corrected chi connectivity index (χ4v) is 4.81. The van der Waals surface area contributed by atoms with Crippen molar-refractivity contribution in [1.29, 1.82) is 0 Å². The van der Waals surface area contributed by atoms with Crippen LogP contribution in [-0.2, 0) is 11.3 Å². The van der Waals surface area contributed by atoms with Gasteiger partial charge in [-0.1, -0.05) is 46.3 Å². The SMILES string of the molecule is O=C(NCC(F)(F)C12CC(Br)(C1)C2)OCc1ccccc1. The number of amides is 1. The maximum Gasteiger partial charge on any atom is 0.407 e. The van der Waals surface area contributed by atoms with Crippen LogP contribution in [0.1, 0.15) is 24.8 Å². The number of benzene rings is 1. The largest absolute Gasteiger partial charge is 0.445 e. The molecule has 114 valence electrons. The summed E-state index contributed by atoms with van der Waals surface area (Å²) in [5.41, 5.74) is -0.108. The summed E-state index contributed by atoms with van der Waals surface area (Å²) in [6, 6.07) is 9.11. The second-order valence-corrected chi connectivity index (χ2v) is 7.76. The molecular weight excluding hydrogens is 344 g/mol. The minimum Gasteiger partial charge on any atom is -0.445 e. The Bertz CT molecular complexity index is 530. The Labute approximate surface area is 130 Å². The first kappa shape index (κ1) is 14.8. The molecule has 3 nitrogen and oxygen atoms in total. The van der Waals surface area contributed by atoms with Crippen molar-refractivity contribution in [3.05, 3.63) is 35.9 Å². The van der Waals surface area contributed by atoms with Gasteiger partial charge < -0.3 is 10.1 Å². The third-order valence-electron chi connectivity index (χ3n) is 4.41. The molecule has 0 spiro atoms. The lowest BCUT2D eigenvalue weighted by Crippen LogP contribution is -2.72. The van der Waals surface area contributed by atoms with E-state index < -0.39 is 24.0 Å². The molecule has 0 aromatic heterocycles. The monoisotopic (exact) mass is 359 g/mol. The lowest BCUT2D eigenvalue weighted by atomic mass is 9.42. The highest BCUT2D eigenvalue weighted by atomic mass is 79.9. The van der Waals surface area contributed by atoms with Gasteiger partial charge >= 0.3 is 6.09 Å². The Balaban J connectivity index is 1.44. The zero-order valence-electron chi connectivity index (χ0n) is 11.4. The van der Waals surface area contributed by atoms with Crippen molar-refractivity contribution in [3.8, 4) is 0 Å². The van der Waals surface area contributed by atoms with Crippen molar-refractivity contribution in [2.75, 3.05) is 6.54 Å². The molecule has 3 fully saturated rings. The highest BCUT2D eigenvalue weighted by Gasteiger charge is 2.76. The van der Waals surface area contributed by atoms with Crippen molar-refractivity contribution >= 4 is 22.0 Å². The Hall–Kier alpha value is -1.17. The Morgan fingerprint density at radius 3 is 2.48 bits per heavy atom. The van der Waals surface area contributed by atoms with Crippen molar-refractivity contribution in [2.24, 2.45) is 5.41 Å². The van der Waals surface area contributed by atoms with E-state index in [0.717, 1.165) is 5.56 Å². The van der Waals surface area contributed by atoms with Crippen molar-refractivity contribution in [2.45, 2.75) is 36.1 Å². The predicted octanol–water partition coefficient (Wildman–Crippen LogP) is 3.87. The topological polar surface area (TPSA) is 38.3 Å². The lowest BCUT2D eigenvalue weighted by Gasteiger charge is -2.70. The molecule has 0 heterocycles. The van der Waals surface area contributed by atoms with E-state index in [1.807, 2.05) is 18.2 Å². The van der Waals surface area contributed by atoms with E-state index in [4.69, 9.17) is 4.74 Å². The van der Waals surface area contributed by atoms with Crippen LogP contribution in [-0.4, -0.2) is 22.9 Å². The van der Waals surface area contributed by atoms with Gasteiger partial charge in [0.25, 0.3) is 5.92 Å². The summed E-state index contributed by atoms with van der Waals surface area (Å²) in [7, 11) is 0. The fourth-order valence-electron chi connectivity index (χ4n) is 3.20. The second-order valence-electron chi connectivity index (χ2n) is 6.08. The second kappa shape index (κ2) is 4.93. The van der Waals surface area contributed by atoms with Gasteiger partial charge in [-0.2, -0.15) is 0 Å². The molecular formula is C15H16BrF2NO2. The molecule has 0 radical (unpaired) electrons. The maximum atomic E-state index is 14.1. The average molecular weight is 360 g/mol. The molecule has 1 aromatic carbocycles. The van der Waals surface area contributed by atoms with Crippen molar-refractivity contribution in [1.82, 2.24) is 5.32 Å². The normalized spacial score (nSPS) is 30.0. The lowest BCUT2D eigenvalue weighted by molar-refractivity contribution is -0.242. The van der Waals surface area contributed by atoms with Gasteiger partial charge in [0.05, 0.1) is 6.54 Å². The first-order valence-corrected chi connectivity index (χ1v) is 7.65. The number of nitrogens with one attached hydrogen (secondary N) is 1. The standard InChI is InChI=1S/C15H16BrF2NO2/c16-14-7-13(8-14,9-14)15(17,18)10-19-12(20)21-6-11-4-2-1-3-5-11/h1-5H,6-10H2,(H,19,20). The summed E-state index contributed by atoms with van der Waals surface area (Å²) >= 11 is 3.44. The molecule has 1 amide bonds. The Morgan fingerprint density at radius 2 is 1.90 bits per heavy atom. The quantitative estimate of drug-likeness (QED) is 0.810. The minimum atomic E-state index is -2.88. The number of carbonyl (C=O) groups is 1. The molecule has 21 heavy (non-hydrogen) atoms. The van der Waals surface area contributed by atoms with Crippen LogP contribution in [0.25, 0.3) is 0 Å². The van der Waals surface area contributed by atoms with E-state index in [1.54, 1.807) is 12.1 Å². The first-order chi connectivity index (χ1) is 9.84. The third kappa shape index (κ3) is 2.65. The van der Waals surface area contributed by atoms with Crippen LogP contribution in [0.15, 0.2) is 30.3 Å². The van der Waals surface area contributed by atoms with E-state index in [-0.39, 0.29) is 10.9 Å². The fraction of sp³-hybridized carbons (Fsp3) is 0.533. The van der Waals surface area contributed by atoms with Crippen LogP contribution in [0.2, 0.25) is 0 Å². The van der Waals surface area contributed by atoms with Crippen molar-refractivity contribution < 1.29 is 18.3 Å². The molecule has 0 atom stereocenters. The third-order valence-corrected chi connectivity index (χ3v) is 5.25. The van der Waals surface area contributed by atoms with Crippen LogP contribution >= 0.6 is 15.9 Å². The molecule has 6 heteroatoms. The maximum absolute atomic E-state index is 14.1. The summed E-state index contributed by atoms with van der Waals surface area (Å²) in [6.07, 6.45) is 0.633. The number of alkyl halides is 3. The number of hydrogen-bond donors (Lipinski definition) is 1. The van der Waals surface area contributed by atoms with Gasteiger partial charge in [0.2, 0.25) is 0 Å². The highest BCUT2D eigenvalue weighted by Crippen LogP contribution is 2.76. The number of alkyl carbamates (subject to hydrolysis) is 1. The van der Waals surface area contributed by atoms with Gasteiger partial charge in [0, 0.05) is 9.74 Å². The molecule has 1 aromatic rings. The van der Waals surface area contributed by atoms with E-state index >= 15 is 0 Å². The number of halogens is 3. The van der Waals surface area contributed by atoms with Crippen LogP contribution in [0.5, 0.6) is 0 Å². The van der Waals surface area contributed by atoms with Crippen LogP contribution < -0.4 is 5.32 Å². The number of rotatable bonds is 5. The molecule has 4 rings (SSSR count). The molecule has 3 saturated carbocycles. The van der Waals surface area contributed by atoms with Gasteiger partial charge in [-0.15, -0.1) is 0 Å². The average Bonchev–Trinajstić information content (AvgIpc) is 2.39. The summed E-state index contributed by atoms with van der Waals surface area (Å²) in [5.74, 6) is -2.88. The van der Waals surface area contributed by atoms with Gasteiger partial charge in [-0.25, -0.2) is 13.6 Å². The molecule has 2 bridgehead atoms. The Kier molecular flexibility index (Phi) is 3.47. The number of ether oxygens (including phenoxy) is 1. The molecule has 3 aliphatic rings. The number of hydrogen-bond acceptors (Lipinski definition) is 2. The summed E-state index contributed by atoms with van der Waals surface area (Å²) in [4.78, 5) is 11.5. The van der Waals surface area contributed by atoms with Crippen LogP contribution in [0.3, 0.4) is 0 Å². The van der Waals surface area contributed by atoms with E-state index in [1.165, 1.54) is 0 Å². The molecule has 3 aliphatic carbocycles. The minimum absolute atomic E-state index is 0.0652. The van der Waals surface area contributed by atoms with E-state index in [2.05, 4.69) is 21.2 Å². The van der Waals surface area contributed by atoms with Crippen LogP contribution in [0.4, 0.5) is 13.6 Å². The van der Waals surface area contributed by atoms with E-state index in [0.29, 0.717) is 19.3 Å². The first-order valence-electron chi connectivity index (χ1n) is 6.86. The zero-order valence-corrected chi connectivity index (χ0v) is 13.0. The van der Waals surface area contributed by atoms with Gasteiger partial charge in [-0.05, 0) is 24.8 Å². The predicted molar refractivity (Wildman–Crippen MR) is 77.5 cm³/mol.